The van der Waals surface area contributed by atoms with E-state index in [-0.39, 0.29) is 21.9 Å². The van der Waals surface area contributed by atoms with E-state index in [2.05, 4.69) is 15.3 Å². The van der Waals surface area contributed by atoms with Crippen molar-refractivity contribution in [2.75, 3.05) is 5.32 Å². The zero-order valence-corrected chi connectivity index (χ0v) is 16.0. The summed E-state index contributed by atoms with van der Waals surface area (Å²) in [5, 5.41) is 2.44. The van der Waals surface area contributed by atoms with E-state index in [1.807, 2.05) is 0 Å². The van der Waals surface area contributed by atoms with Crippen molar-refractivity contribution in [3.05, 3.63) is 88.3 Å². The van der Waals surface area contributed by atoms with Gasteiger partial charge in [0.15, 0.2) is 5.13 Å². The van der Waals surface area contributed by atoms with E-state index in [0.717, 1.165) is 28.0 Å². The molecule has 2 aromatic carbocycles. The Hall–Kier alpha value is -3.33. The van der Waals surface area contributed by atoms with Crippen LogP contribution in [0, 0.1) is 5.82 Å². The number of hydrogen-bond donors (Lipinski definition) is 1. The third-order valence-electron chi connectivity index (χ3n) is 4.37. The summed E-state index contributed by atoms with van der Waals surface area (Å²) in [6.07, 6.45) is -1.83. The van der Waals surface area contributed by atoms with Gasteiger partial charge in [-0.2, -0.15) is 13.2 Å². The third kappa shape index (κ3) is 4.16. The Labute approximate surface area is 172 Å². The van der Waals surface area contributed by atoms with Gasteiger partial charge in [-0.1, -0.05) is 30.3 Å². The molecular weight excluding hydrogens is 418 g/mol. The highest BCUT2D eigenvalue weighted by atomic mass is 32.1. The number of carbonyl (C=O) groups excluding carboxylic acids is 1. The highest BCUT2D eigenvalue weighted by Crippen LogP contribution is 2.37. The van der Waals surface area contributed by atoms with Gasteiger partial charge in [0.1, 0.15) is 5.82 Å². The van der Waals surface area contributed by atoms with Crippen molar-refractivity contribution in [1.29, 1.82) is 0 Å². The molecule has 0 radical (unpaired) electrons. The summed E-state index contributed by atoms with van der Waals surface area (Å²) in [7, 11) is 0. The molecule has 4 nitrogen and oxygen atoms in total. The number of thiazole rings is 1. The number of aromatic nitrogens is 2. The van der Waals surface area contributed by atoms with Crippen molar-refractivity contribution in [3.63, 3.8) is 0 Å². The van der Waals surface area contributed by atoms with Crippen molar-refractivity contribution in [2.45, 2.75) is 12.6 Å². The topological polar surface area (TPSA) is 54.9 Å². The van der Waals surface area contributed by atoms with Crippen LogP contribution in [0.4, 0.5) is 22.7 Å². The van der Waals surface area contributed by atoms with Crippen molar-refractivity contribution >= 4 is 33.3 Å². The average molecular weight is 431 g/mol. The number of amides is 1. The number of fused-ring (bicyclic) bond motifs is 1. The van der Waals surface area contributed by atoms with Crippen molar-refractivity contribution in [1.82, 2.24) is 9.97 Å². The molecule has 9 heteroatoms. The molecular formula is C21H13F4N3OS. The second kappa shape index (κ2) is 7.83. The van der Waals surface area contributed by atoms with Crippen LogP contribution in [0.1, 0.15) is 26.4 Å². The number of alkyl halides is 3. The number of nitrogens with zero attached hydrogens (tertiary/aromatic N) is 2. The molecule has 0 atom stereocenters. The maximum atomic E-state index is 13.7. The molecule has 0 saturated carbocycles. The summed E-state index contributed by atoms with van der Waals surface area (Å²) in [4.78, 5) is 21.4. The normalized spacial score (nSPS) is 11.6. The summed E-state index contributed by atoms with van der Waals surface area (Å²) in [5.41, 5.74) is -0.613. The number of hydrogen-bond acceptors (Lipinski definition) is 4. The van der Waals surface area contributed by atoms with Crippen LogP contribution in [0.2, 0.25) is 0 Å². The summed E-state index contributed by atoms with van der Waals surface area (Å²) in [5.74, 6) is -1.29. The van der Waals surface area contributed by atoms with E-state index in [1.54, 1.807) is 18.2 Å². The molecule has 4 aromatic rings. The van der Waals surface area contributed by atoms with Crippen LogP contribution < -0.4 is 5.32 Å². The maximum Gasteiger partial charge on any atom is 0.417 e. The van der Waals surface area contributed by atoms with Crippen LogP contribution in [0.5, 0.6) is 0 Å². The van der Waals surface area contributed by atoms with Gasteiger partial charge in [-0.05, 0) is 23.8 Å². The first kappa shape index (κ1) is 20.0. The van der Waals surface area contributed by atoms with Crippen LogP contribution in [0.15, 0.2) is 60.9 Å². The predicted octanol–water partition coefficient (Wildman–Crippen LogP) is 5.69. The molecule has 152 valence electrons. The largest absolute Gasteiger partial charge is 0.417 e. The Bertz CT molecular complexity index is 1220. The smallest absolute Gasteiger partial charge is 0.298 e. The van der Waals surface area contributed by atoms with E-state index in [4.69, 9.17) is 0 Å². The van der Waals surface area contributed by atoms with E-state index in [9.17, 15) is 22.4 Å². The van der Waals surface area contributed by atoms with Gasteiger partial charge in [0.25, 0.3) is 5.91 Å². The molecule has 1 amide bonds. The number of pyridine rings is 1. The lowest BCUT2D eigenvalue weighted by molar-refractivity contribution is -0.136. The molecule has 0 saturated heterocycles. The minimum Gasteiger partial charge on any atom is -0.298 e. The number of anilines is 1. The van der Waals surface area contributed by atoms with Crippen LogP contribution in [0.3, 0.4) is 0 Å². The van der Waals surface area contributed by atoms with Gasteiger partial charge in [0.2, 0.25) is 0 Å². The lowest BCUT2D eigenvalue weighted by Gasteiger charge is -2.14. The molecule has 30 heavy (non-hydrogen) atoms. The zero-order chi connectivity index (χ0) is 21.3. The first-order chi connectivity index (χ1) is 14.3. The van der Waals surface area contributed by atoms with Crippen LogP contribution in [0.25, 0.3) is 10.9 Å². The Morgan fingerprint density at radius 3 is 2.47 bits per heavy atom. The fourth-order valence-corrected chi connectivity index (χ4v) is 3.88. The minimum absolute atomic E-state index is 0.145. The molecule has 0 bridgehead atoms. The van der Waals surface area contributed by atoms with Crippen LogP contribution in [-0.2, 0) is 12.6 Å². The van der Waals surface area contributed by atoms with Gasteiger partial charge in [0.05, 0.1) is 16.6 Å². The van der Waals surface area contributed by atoms with Crippen LogP contribution in [-0.4, -0.2) is 15.9 Å². The molecule has 0 aliphatic heterocycles. The number of nitrogens with one attached hydrogen (secondary N) is 1. The Balaban J connectivity index is 1.59. The van der Waals surface area contributed by atoms with Crippen LogP contribution >= 0.6 is 11.3 Å². The second-order valence-electron chi connectivity index (χ2n) is 6.45. The zero-order valence-electron chi connectivity index (χ0n) is 15.2. The quantitative estimate of drug-likeness (QED) is 0.422. The standard InChI is InChI=1S/C21H13F4N3OS/c22-13-7-5-12(6-8-13)9-14-10-27-20(30-14)28-19(29)16-11-26-17-4-2-1-3-15(17)18(16)21(23,24)25/h1-8,10-11H,9H2,(H,27,28,29). The number of para-hydroxylation sites is 1. The highest BCUT2D eigenvalue weighted by molar-refractivity contribution is 7.15. The third-order valence-corrected chi connectivity index (χ3v) is 5.28. The molecule has 0 aliphatic carbocycles. The van der Waals surface area contributed by atoms with Crippen molar-refractivity contribution in [3.8, 4) is 0 Å². The van der Waals surface area contributed by atoms with E-state index in [0.29, 0.717) is 6.42 Å². The highest BCUT2D eigenvalue weighted by Gasteiger charge is 2.37. The molecule has 0 spiro atoms. The molecule has 4 rings (SSSR count). The van der Waals surface area contributed by atoms with Gasteiger partial charge in [-0.3, -0.25) is 15.1 Å². The lowest BCUT2D eigenvalue weighted by atomic mass is 10.0. The fraction of sp³-hybridized carbons (Fsp3) is 0.0952. The van der Waals surface area contributed by atoms with Gasteiger partial charge < -0.3 is 0 Å². The number of rotatable bonds is 4. The molecule has 0 fully saturated rings. The van der Waals surface area contributed by atoms with Gasteiger partial charge in [-0.25, -0.2) is 9.37 Å². The Morgan fingerprint density at radius 1 is 1.00 bits per heavy atom. The van der Waals surface area contributed by atoms with E-state index < -0.39 is 23.2 Å². The lowest BCUT2D eigenvalue weighted by Crippen LogP contribution is -2.19. The number of carbonyl (C=O) groups is 1. The summed E-state index contributed by atoms with van der Waals surface area (Å²) in [6, 6.07) is 11.7. The van der Waals surface area contributed by atoms with Gasteiger partial charge in [0, 0.05) is 29.1 Å². The maximum absolute atomic E-state index is 13.7. The van der Waals surface area contributed by atoms with Crippen molar-refractivity contribution < 1.29 is 22.4 Å². The number of benzene rings is 2. The fourth-order valence-electron chi connectivity index (χ4n) is 3.03. The SMILES string of the molecule is O=C(Nc1ncc(Cc2ccc(F)cc2)s1)c1cnc2ccccc2c1C(F)(F)F. The van der Waals surface area contributed by atoms with E-state index in [1.165, 1.54) is 36.5 Å². The summed E-state index contributed by atoms with van der Waals surface area (Å²) >= 11 is 1.13. The predicted molar refractivity (Wildman–Crippen MR) is 106 cm³/mol. The van der Waals surface area contributed by atoms with E-state index >= 15 is 0 Å². The van der Waals surface area contributed by atoms with Gasteiger partial charge >= 0.3 is 6.18 Å². The van der Waals surface area contributed by atoms with Gasteiger partial charge in [-0.15, -0.1) is 11.3 Å². The Morgan fingerprint density at radius 2 is 1.73 bits per heavy atom. The molecule has 2 heterocycles. The monoisotopic (exact) mass is 431 g/mol. The number of halogens is 4. The second-order valence-corrected chi connectivity index (χ2v) is 7.57. The molecule has 2 aromatic heterocycles. The first-order valence-corrected chi connectivity index (χ1v) is 9.58. The molecule has 0 aliphatic rings. The summed E-state index contributed by atoms with van der Waals surface area (Å²) in [6.45, 7) is 0. The molecule has 0 unspecified atom stereocenters. The molecule has 1 N–H and O–H groups in total. The first-order valence-electron chi connectivity index (χ1n) is 8.77. The summed E-state index contributed by atoms with van der Waals surface area (Å²) < 4.78 is 54.1. The average Bonchev–Trinajstić information content (AvgIpc) is 3.14. The Kier molecular flexibility index (Phi) is 5.21. The van der Waals surface area contributed by atoms with Crippen molar-refractivity contribution in [2.24, 2.45) is 0 Å². The minimum atomic E-state index is -4.73.